The highest BCUT2D eigenvalue weighted by Gasteiger charge is 2.41. The molecule has 2 heterocycles. The topological polar surface area (TPSA) is 71.3 Å². The van der Waals surface area contributed by atoms with E-state index in [1.54, 1.807) is 13.4 Å². The van der Waals surface area contributed by atoms with Crippen molar-refractivity contribution in [3.05, 3.63) is 24.2 Å². The zero-order chi connectivity index (χ0) is 18.8. The number of nitrogens with one attached hydrogen (secondary N) is 2. The Morgan fingerprint density at radius 1 is 1.25 bits per heavy atom. The molecule has 0 unspecified atom stereocenters. The quantitative estimate of drug-likeness (QED) is 0.272. The highest BCUT2D eigenvalue weighted by molar-refractivity contribution is 14.0. The van der Waals surface area contributed by atoms with Crippen molar-refractivity contribution in [1.29, 1.82) is 0 Å². The fraction of sp³-hybridized carbons (Fsp3) is 0.750. The number of ether oxygens (including phenoxy) is 2. The van der Waals surface area contributed by atoms with Crippen molar-refractivity contribution in [2.75, 3.05) is 66.2 Å². The third-order valence-electron chi connectivity index (χ3n) is 5.43. The summed E-state index contributed by atoms with van der Waals surface area (Å²) in [5, 5.41) is 6.95. The van der Waals surface area contributed by atoms with Gasteiger partial charge in [-0.1, -0.05) is 0 Å². The van der Waals surface area contributed by atoms with Crippen LogP contribution in [0.5, 0.6) is 0 Å². The van der Waals surface area contributed by atoms with Crippen molar-refractivity contribution in [3.8, 4) is 0 Å². The Morgan fingerprint density at radius 2 is 2.04 bits per heavy atom. The molecule has 0 spiro atoms. The maximum Gasteiger partial charge on any atom is 0.191 e. The summed E-state index contributed by atoms with van der Waals surface area (Å²) in [7, 11) is 1.77. The van der Waals surface area contributed by atoms with E-state index in [-0.39, 0.29) is 24.0 Å². The molecule has 0 amide bonds. The summed E-state index contributed by atoms with van der Waals surface area (Å²) in [4.78, 5) is 7.31. The minimum absolute atomic E-state index is 0. The van der Waals surface area contributed by atoms with Crippen molar-refractivity contribution in [3.63, 3.8) is 0 Å². The lowest BCUT2D eigenvalue weighted by Gasteiger charge is -2.26. The number of nitrogens with zero attached hydrogens (tertiary/aromatic N) is 2. The van der Waals surface area contributed by atoms with Crippen LogP contribution in [0.25, 0.3) is 0 Å². The number of aliphatic imine (C=N–C) groups is 1. The molecule has 0 bridgehead atoms. The minimum Gasteiger partial charge on any atom is -0.469 e. The van der Waals surface area contributed by atoms with Gasteiger partial charge in [-0.05, 0) is 36.8 Å². The van der Waals surface area contributed by atoms with Crippen LogP contribution in [0.15, 0.2) is 27.8 Å². The van der Waals surface area contributed by atoms with Crippen LogP contribution in [0, 0.1) is 5.41 Å². The first-order chi connectivity index (χ1) is 13.3. The van der Waals surface area contributed by atoms with Crippen LogP contribution in [-0.2, 0) is 15.9 Å². The monoisotopic (exact) mass is 506 g/mol. The number of methoxy groups -OCH3 is 1. The molecule has 0 atom stereocenters. The van der Waals surface area contributed by atoms with Crippen molar-refractivity contribution in [2.24, 2.45) is 10.4 Å². The molecule has 1 aromatic rings. The van der Waals surface area contributed by atoms with Gasteiger partial charge in [-0.3, -0.25) is 9.89 Å². The molecule has 160 valence electrons. The lowest BCUT2D eigenvalue weighted by atomic mass is 10.0. The summed E-state index contributed by atoms with van der Waals surface area (Å²) in [6, 6.07) is 3.94. The normalized spacial score (nSPS) is 19.1. The van der Waals surface area contributed by atoms with Crippen molar-refractivity contribution in [2.45, 2.75) is 25.7 Å². The molecule has 2 aliphatic rings. The third-order valence-corrected chi connectivity index (χ3v) is 5.43. The Morgan fingerprint density at radius 3 is 2.71 bits per heavy atom. The summed E-state index contributed by atoms with van der Waals surface area (Å²) in [5.41, 5.74) is 0.357. The Hall–Kier alpha value is -0.840. The summed E-state index contributed by atoms with van der Waals surface area (Å²) < 4.78 is 16.1. The molecular weight excluding hydrogens is 471 g/mol. The molecule has 2 fully saturated rings. The van der Waals surface area contributed by atoms with Gasteiger partial charge in [-0.2, -0.15) is 0 Å². The van der Waals surface area contributed by atoms with E-state index >= 15 is 0 Å². The molecule has 28 heavy (non-hydrogen) atoms. The van der Waals surface area contributed by atoms with E-state index < -0.39 is 0 Å². The van der Waals surface area contributed by atoms with Gasteiger partial charge >= 0.3 is 0 Å². The smallest absolute Gasteiger partial charge is 0.191 e. The van der Waals surface area contributed by atoms with E-state index in [0.717, 1.165) is 83.7 Å². The van der Waals surface area contributed by atoms with Gasteiger partial charge in [0.25, 0.3) is 0 Å². The molecule has 0 aromatic carbocycles. The van der Waals surface area contributed by atoms with Crippen LogP contribution in [0.1, 0.15) is 25.0 Å². The number of hydrogen-bond acceptors (Lipinski definition) is 5. The van der Waals surface area contributed by atoms with E-state index in [0.29, 0.717) is 5.41 Å². The Bertz CT molecular complexity index is 558. The second-order valence-electron chi connectivity index (χ2n) is 7.54. The van der Waals surface area contributed by atoms with E-state index in [1.165, 1.54) is 12.8 Å². The minimum atomic E-state index is 0. The molecule has 3 rings (SSSR count). The number of rotatable bonds is 11. The molecule has 1 saturated carbocycles. The molecular formula is C20H35IN4O3. The fourth-order valence-electron chi connectivity index (χ4n) is 3.32. The average molecular weight is 506 g/mol. The largest absolute Gasteiger partial charge is 0.469 e. The summed E-state index contributed by atoms with van der Waals surface area (Å²) in [5.74, 6) is 1.90. The lowest BCUT2D eigenvalue weighted by molar-refractivity contribution is 0.0389. The van der Waals surface area contributed by atoms with Gasteiger partial charge in [0.05, 0.1) is 19.5 Å². The van der Waals surface area contributed by atoms with Crippen LogP contribution in [0.4, 0.5) is 0 Å². The summed E-state index contributed by atoms with van der Waals surface area (Å²) in [6.45, 7) is 8.09. The maximum absolute atomic E-state index is 5.41. The van der Waals surface area contributed by atoms with Crippen molar-refractivity contribution in [1.82, 2.24) is 15.5 Å². The van der Waals surface area contributed by atoms with E-state index in [9.17, 15) is 0 Å². The zero-order valence-corrected chi connectivity index (χ0v) is 19.3. The molecule has 1 aromatic heterocycles. The van der Waals surface area contributed by atoms with Gasteiger partial charge in [-0.25, -0.2) is 0 Å². The molecule has 1 saturated heterocycles. The first kappa shape index (κ1) is 23.4. The van der Waals surface area contributed by atoms with Gasteiger partial charge in [0.15, 0.2) is 5.96 Å². The highest BCUT2D eigenvalue weighted by atomic mass is 127. The number of guanidine groups is 1. The van der Waals surface area contributed by atoms with E-state index in [1.807, 2.05) is 12.1 Å². The van der Waals surface area contributed by atoms with Crippen molar-refractivity contribution >= 4 is 29.9 Å². The van der Waals surface area contributed by atoms with Gasteiger partial charge in [-0.15, -0.1) is 24.0 Å². The van der Waals surface area contributed by atoms with Crippen LogP contribution in [0.2, 0.25) is 0 Å². The van der Waals surface area contributed by atoms with Gasteiger partial charge < -0.3 is 24.5 Å². The Kier molecular flexibility index (Phi) is 10.6. The number of morpholine rings is 1. The zero-order valence-electron chi connectivity index (χ0n) is 17.0. The number of furan rings is 1. The predicted molar refractivity (Wildman–Crippen MR) is 122 cm³/mol. The van der Waals surface area contributed by atoms with Crippen LogP contribution >= 0.6 is 24.0 Å². The third kappa shape index (κ3) is 8.26. The molecule has 8 heteroatoms. The van der Waals surface area contributed by atoms with E-state index in [4.69, 9.17) is 18.9 Å². The molecule has 1 aliphatic carbocycles. The van der Waals surface area contributed by atoms with E-state index in [2.05, 4.69) is 15.5 Å². The molecule has 0 radical (unpaired) electrons. The van der Waals surface area contributed by atoms with Crippen molar-refractivity contribution < 1.29 is 13.9 Å². The van der Waals surface area contributed by atoms with Gasteiger partial charge in [0.1, 0.15) is 5.76 Å². The molecule has 7 nitrogen and oxygen atoms in total. The first-order valence-corrected chi connectivity index (χ1v) is 10.1. The van der Waals surface area contributed by atoms with Gasteiger partial charge in [0.2, 0.25) is 0 Å². The average Bonchev–Trinajstić information content (AvgIpc) is 3.28. The van der Waals surface area contributed by atoms with Crippen LogP contribution in [0.3, 0.4) is 0 Å². The van der Waals surface area contributed by atoms with Gasteiger partial charge in [0, 0.05) is 59.4 Å². The Balaban J connectivity index is 0.00000280. The molecule has 2 N–H and O–H groups in total. The fourth-order valence-corrected chi connectivity index (χ4v) is 3.32. The predicted octanol–water partition coefficient (Wildman–Crippen LogP) is 2.12. The number of halogens is 1. The highest BCUT2D eigenvalue weighted by Crippen LogP contribution is 2.48. The Labute approximate surface area is 185 Å². The number of hydrogen-bond donors (Lipinski definition) is 2. The summed E-state index contributed by atoms with van der Waals surface area (Å²) in [6.07, 6.45) is 6.19. The maximum atomic E-state index is 5.41. The van der Waals surface area contributed by atoms with Crippen LogP contribution < -0.4 is 10.6 Å². The lowest BCUT2D eigenvalue weighted by Crippen LogP contribution is -2.45. The SMILES string of the molecule is COCCC1(CN=C(NCCc2ccco2)NCCN2CCOCC2)CC1.I. The second-order valence-corrected chi connectivity index (χ2v) is 7.54. The molecule has 1 aliphatic heterocycles. The first-order valence-electron chi connectivity index (χ1n) is 10.1. The van der Waals surface area contributed by atoms with Crippen LogP contribution in [-0.4, -0.2) is 77.1 Å². The summed E-state index contributed by atoms with van der Waals surface area (Å²) >= 11 is 0. The standard InChI is InChI=1S/C20H34N4O3.HI/c1-25-14-7-20(5-6-20)17-23-19(21-8-4-18-3-2-13-27-18)22-9-10-24-11-15-26-16-12-24;/h2-3,13H,4-12,14-17H2,1H3,(H2,21,22,23);1H. The second kappa shape index (κ2) is 12.7.